The topological polar surface area (TPSA) is 93.0 Å². The van der Waals surface area contributed by atoms with Gasteiger partial charge in [0.15, 0.2) is 6.10 Å². The van der Waals surface area contributed by atoms with Crippen LogP contribution in [0.2, 0.25) is 0 Å². The summed E-state index contributed by atoms with van der Waals surface area (Å²) in [5, 5.41) is 13.1. The first kappa shape index (κ1) is 22.6. The van der Waals surface area contributed by atoms with E-state index in [0.29, 0.717) is 11.3 Å². The monoisotopic (exact) mass is 491 g/mol. The number of nitrogens with zero attached hydrogens (tertiary/aromatic N) is 3. The summed E-state index contributed by atoms with van der Waals surface area (Å²) in [6, 6.07) is 32.8. The molecule has 2 aliphatic rings. The number of nitro benzene ring substituents is 1. The molecule has 3 atom stereocenters. The molecule has 8 heteroatoms. The van der Waals surface area contributed by atoms with Crippen LogP contribution in [-0.4, -0.2) is 22.8 Å². The smallest absolute Gasteiger partial charge is 0.271 e. The van der Waals surface area contributed by atoms with E-state index in [0.717, 1.165) is 10.5 Å². The minimum absolute atomic E-state index is 0.135. The van der Waals surface area contributed by atoms with Gasteiger partial charge in [0.05, 0.1) is 16.3 Å². The van der Waals surface area contributed by atoms with Crippen molar-refractivity contribution >= 4 is 28.9 Å². The van der Waals surface area contributed by atoms with Gasteiger partial charge in [-0.15, -0.1) is 0 Å². The van der Waals surface area contributed by atoms with E-state index >= 15 is 0 Å². The van der Waals surface area contributed by atoms with E-state index in [2.05, 4.69) is 0 Å². The summed E-state index contributed by atoms with van der Waals surface area (Å²) < 4.78 is 0. The molecule has 0 radical (unpaired) electrons. The summed E-state index contributed by atoms with van der Waals surface area (Å²) in [6.45, 7) is 0. The van der Waals surface area contributed by atoms with Crippen molar-refractivity contribution in [1.82, 2.24) is 0 Å². The maximum absolute atomic E-state index is 14.6. The van der Waals surface area contributed by atoms with Crippen molar-refractivity contribution in [1.29, 1.82) is 0 Å². The number of para-hydroxylation sites is 1. The molecule has 0 aromatic heterocycles. The van der Waals surface area contributed by atoms with Gasteiger partial charge in [0.2, 0.25) is 5.91 Å². The van der Waals surface area contributed by atoms with Crippen molar-refractivity contribution in [2.45, 2.75) is 17.6 Å². The van der Waals surface area contributed by atoms with E-state index in [4.69, 9.17) is 4.84 Å². The SMILES string of the molecule is O=C1[C@H]2ON(c3ccccc3)[C@H](c3ccccc3)[C@]2(c2ccccc2)C(=O)N1c1cccc([N+](=O)[O-])c1. The fraction of sp³-hybridized carbons (Fsp3) is 0.103. The van der Waals surface area contributed by atoms with Gasteiger partial charge in [0, 0.05) is 12.1 Å². The first-order chi connectivity index (χ1) is 18.0. The van der Waals surface area contributed by atoms with Crippen molar-refractivity contribution in [3.05, 3.63) is 137 Å². The van der Waals surface area contributed by atoms with Crippen LogP contribution < -0.4 is 9.96 Å². The number of fused-ring (bicyclic) bond motifs is 1. The van der Waals surface area contributed by atoms with Gasteiger partial charge in [0.1, 0.15) is 11.5 Å². The van der Waals surface area contributed by atoms with Gasteiger partial charge in [-0.2, -0.15) is 0 Å². The summed E-state index contributed by atoms with van der Waals surface area (Å²) in [5.74, 6) is -1.07. The number of imide groups is 1. The molecule has 0 bridgehead atoms. The maximum atomic E-state index is 14.6. The van der Waals surface area contributed by atoms with E-state index in [-0.39, 0.29) is 11.4 Å². The van der Waals surface area contributed by atoms with Gasteiger partial charge >= 0.3 is 0 Å². The number of hydrogen-bond donors (Lipinski definition) is 0. The molecule has 0 saturated carbocycles. The van der Waals surface area contributed by atoms with Crippen LogP contribution in [0.3, 0.4) is 0 Å². The van der Waals surface area contributed by atoms with Crippen LogP contribution in [-0.2, 0) is 19.8 Å². The Morgan fingerprint density at radius 1 is 0.757 bits per heavy atom. The fourth-order valence-electron chi connectivity index (χ4n) is 5.41. The number of benzene rings is 4. The first-order valence-corrected chi connectivity index (χ1v) is 11.8. The second-order valence-electron chi connectivity index (χ2n) is 8.95. The minimum Gasteiger partial charge on any atom is -0.273 e. The molecule has 0 N–H and O–H groups in total. The van der Waals surface area contributed by atoms with Crippen molar-refractivity contribution in [3.63, 3.8) is 0 Å². The molecule has 0 unspecified atom stereocenters. The standard InChI is InChI=1S/C29H21N3O5/c33-27-26-29(21-13-6-2-7-14-21,28(34)30(27)23-17-10-18-24(19-23)32(35)36)25(20-11-4-1-5-12-20)31(37-26)22-15-8-3-9-16-22/h1-19,25-26H/t25-,26-,29+/m1/s1. The Labute approximate surface area is 212 Å². The zero-order chi connectivity index (χ0) is 25.6. The molecule has 2 amide bonds. The molecule has 4 aromatic rings. The maximum Gasteiger partial charge on any atom is 0.271 e. The Hall–Kier alpha value is -4.82. The van der Waals surface area contributed by atoms with Crippen LogP contribution in [0, 0.1) is 10.1 Å². The Balaban J connectivity index is 1.60. The van der Waals surface area contributed by atoms with Crippen LogP contribution in [0.25, 0.3) is 0 Å². The van der Waals surface area contributed by atoms with Crippen molar-refractivity contribution in [2.75, 3.05) is 9.96 Å². The van der Waals surface area contributed by atoms with Crippen molar-refractivity contribution in [2.24, 2.45) is 0 Å². The third-order valence-corrected chi connectivity index (χ3v) is 6.98. The van der Waals surface area contributed by atoms with E-state index in [1.807, 2.05) is 91.0 Å². The Morgan fingerprint density at radius 3 is 2.00 bits per heavy atom. The van der Waals surface area contributed by atoms with Crippen molar-refractivity contribution < 1.29 is 19.3 Å². The lowest BCUT2D eigenvalue weighted by Crippen LogP contribution is -2.46. The first-order valence-electron chi connectivity index (χ1n) is 11.8. The molecule has 4 aromatic carbocycles. The number of carbonyl (C=O) groups excluding carboxylic acids is 2. The molecule has 8 nitrogen and oxygen atoms in total. The summed E-state index contributed by atoms with van der Waals surface area (Å²) in [5.41, 5.74) is 0.591. The second kappa shape index (κ2) is 8.69. The normalized spacial score (nSPS) is 22.8. The van der Waals surface area contributed by atoms with Gasteiger partial charge in [-0.3, -0.25) is 24.5 Å². The molecule has 2 aliphatic heterocycles. The quantitative estimate of drug-likeness (QED) is 0.222. The highest BCUT2D eigenvalue weighted by Crippen LogP contribution is 2.57. The van der Waals surface area contributed by atoms with E-state index in [1.165, 1.54) is 24.3 Å². The second-order valence-corrected chi connectivity index (χ2v) is 8.95. The molecular formula is C29H21N3O5. The van der Waals surface area contributed by atoms with E-state index in [9.17, 15) is 19.7 Å². The summed E-state index contributed by atoms with van der Waals surface area (Å²) in [7, 11) is 0. The van der Waals surface area contributed by atoms with Crippen LogP contribution >= 0.6 is 0 Å². The molecule has 37 heavy (non-hydrogen) atoms. The molecule has 0 spiro atoms. The van der Waals surface area contributed by atoms with Crippen LogP contribution in [0.5, 0.6) is 0 Å². The third kappa shape index (κ3) is 3.34. The Bertz CT molecular complexity index is 1500. The summed E-state index contributed by atoms with van der Waals surface area (Å²) in [6.07, 6.45) is -1.19. The third-order valence-electron chi connectivity index (χ3n) is 6.98. The Kier molecular flexibility index (Phi) is 5.31. The summed E-state index contributed by atoms with van der Waals surface area (Å²) >= 11 is 0. The highest BCUT2D eigenvalue weighted by Gasteiger charge is 2.72. The summed E-state index contributed by atoms with van der Waals surface area (Å²) in [4.78, 5) is 46.9. The minimum atomic E-state index is -1.44. The number of anilines is 2. The van der Waals surface area contributed by atoms with Crippen LogP contribution in [0.15, 0.2) is 115 Å². The van der Waals surface area contributed by atoms with E-state index in [1.54, 1.807) is 5.06 Å². The van der Waals surface area contributed by atoms with Gasteiger partial charge in [-0.05, 0) is 29.3 Å². The number of carbonyl (C=O) groups is 2. The molecule has 182 valence electrons. The number of hydroxylamine groups is 1. The zero-order valence-corrected chi connectivity index (χ0v) is 19.5. The number of non-ortho nitro benzene ring substituents is 1. The molecule has 0 aliphatic carbocycles. The average molecular weight is 492 g/mol. The lowest BCUT2D eigenvalue weighted by molar-refractivity contribution is -0.384. The predicted octanol–water partition coefficient (Wildman–Crippen LogP) is 4.97. The fourth-order valence-corrected chi connectivity index (χ4v) is 5.41. The lowest BCUT2D eigenvalue weighted by Gasteiger charge is -2.35. The van der Waals surface area contributed by atoms with E-state index < -0.39 is 34.3 Å². The number of nitro groups is 1. The molecule has 6 rings (SSSR count). The van der Waals surface area contributed by atoms with Gasteiger partial charge in [-0.1, -0.05) is 84.9 Å². The van der Waals surface area contributed by atoms with Gasteiger partial charge < -0.3 is 0 Å². The Morgan fingerprint density at radius 2 is 1.35 bits per heavy atom. The van der Waals surface area contributed by atoms with Gasteiger partial charge in [-0.25, -0.2) is 9.96 Å². The van der Waals surface area contributed by atoms with Crippen LogP contribution in [0.1, 0.15) is 17.2 Å². The molecular weight excluding hydrogens is 470 g/mol. The highest BCUT2D eigenvalue weighted by molar-refractivity contribution is 6.28. The molecule has 2 fully saturated rings. The molecule has 2 saturated heterocycles. The number of hydrogen-bond acceptors (Lipinski definition) is 6. The van der Waals surface area contributed by atoms with Crippen molar-refractivity contribution in [3.8, 4) is 0 Å². The largest absolute Gasteiger partial charge is 0.273 e. The number of rotatable bonds is 5. The average Bonchev–Trinajstić information content (AvgIpc) is 3.41. The number of amides is 2. The predicted molar refractivity (Wildman–Crippen MR) is 137 cm³/mol. The lowest BCUT2D eigenvalue weighted by atomic mass is 9.69. The van der Waals surface area contributed by atoms with Gasteiger partial charge in [0.25, 0.3) is 11.6 Å². The van der Waals surface area contributed by atoms with Crippen LogP contribution in [0.4, 0.5) is 17.1 Å². The highest BCUT2D eigenvalue weighted by atomic mass is 16.7. The molecule has 2 heterocycles. The zero-order valence-electron chi connectivity index (χ0n) is 19.5.